The molecule has 0 spiro atoms. The highest BCUT2D eigenvalue weighted by atomic mass is 35.5. The number of aromatic amines is 1. The van der Waals surface area contributed by atoms with Crippen LogP contribution in [-0.2, 0) is 6.54 Å². The summed E-state index contributed by atoms with van der Waals surface area (Å²) in [7, 11) is 0. The van der Waals surface area contributed by atoms with Gasteiger partial charge in [0.25, 0.3) is 5.56 Å². The lowest BCUT2D eigenvalue weighted by atomic mass is 10.1. The van der Waals surface area contributed by atoms with Crippen molar-refractivity contribution in [1.82, 2.24) is 14.8 Å². The van der Waals surface area contributed by atoms with Crippen LogP contribution in [0.15, 0.2) is 53.3 Å². The van der Waals surface area contributed by atoms with Crippen LogP contribution in [0.25, 0.3) is 10.9 Å². The van der Waals surface area contributed by atoms with Gasteiger partial charge in [0.1, 0.15) is 0 Å². The molecule has 2 amide bonds. The van der Waals surface area contributed by atoms with Crippen LogP contribution in [0.3, 0.4) is 0 Å². The van der Waals surface area contributed by atoms with Crippen molar-refractivity contribution in [1.29, 1.82) is 0 Å². The lowest BCUT2D eigenvalue weighted by molar-refractivity contribution is 0.197. The van der Waals surface area contributed by atoms with Gasteiger partial charge in [0.2, 0.25) is 0 Å². The molecule has 1 aromatic heterocycles. The molecule has 2 aromatic carbocycles. The normalized spacial score (nSPS) is 14.1. The molecule has 0 radical (unpaired) electrons. The van der Waals surface area contributed by atoms with E-state index in [1.807, 2.05) is 31.2 Å². The minimum absolute atomic E-state index is 0.165. The molecule has 0 bridgehead atoms. The van der Waals surface area contributed by atoms with Crippen LogP contribution < -0.4 is 10.9 Å². The number of anilines is 1. The summed E-state index contributed by atoms with van der Waals surface area (Å²) in [6.07, 6.45) is 2.39. The number of rotatable bonds is 6. The molecular weight excluding hydrogens is 412 g/mol. The maximum absolute atomic E-state index is 13.1. The molecule has 2 heterocycles. The van der Waals surface area contributed by atoms with E-state index in [4.69, 9.17) is 11.6 Å². The van der Waals surface area contributed by atoms with Crippen molar-refractivity contribution < 1.29 is 4.79 Å². The molecule has 0 atom stereocenters. The lowest BCUT2D eigenvalue weighted by Gasteiger charge is -2.26. The highest BCUT2D eigenvalue weighted by Gasteiger charge is 2.19. The minimum atomic E-state index is -0.231. The van der Waals surface area contributed by atoms with E-state index in [1.54, 1.807) is 29.2 Å². The number of aryl methyl sites for hydroxylation is 1. The third kappa shape index (κ3) is 5.46. The first kappa shape index (κ1) is 21.4. The number of carbonyl (C=O) groups is 1. The highest BCUT2D eigenvalue weighted by Crippen LogP contribution is 2.17. The van der Waals surface area contributed by atoms with Crippen LogP contribution in [0.1, 0.15) is 24.0 Å². The van der Waals surface area contributed by atoms with E-state index < -0.39 is 0 Å². The van der Waals surface area contributed by atoms with E-state index >= 15 is 0 Å². The zero-order valence-electron chi connectivity index (χ0n) is 17.7. The van der Waals surface area contributed by atoms with Crippen molar-refractivity contribution in [3.63, 3.8) is 0 Å². The van der Waals surface area contributed by atoms with Crippen molar-refractivity contribution in [2.45, 2.75) is 26.3 Å². The number of likely N-dealkylation sites (tertiary alicyclic amines) is 1. The fraction of sp³-hybridized carbons (Fsp3) is 0.333. The Morgan fingerprint density at radius 3 is 2.61 bits per heavy atom. The van der Waals surface area contributed by atoms with Gasteiger partial charge in [-0.25, -0.2) is 4.79 Å². The molecule has 6 nitrogen and oxygen atoms in total. The van der Waals surface area contributed by atoms with E-state index in [-0.39, 0.29) is 18.1 Å². The summed E-state index contributed by atoms with van der Waals surface area (Å²) in [6.45, 7) is 5.72. The van der Waals surface area contributed by atoms with Gasteiger partial charge in [-0.2, -0.15) is 0 Å². The Balaban J connectivity index is 1.56. The molecule has 2 N–H and O–H groups in total. The molecule has 1 aliphatic rings. The summed E-state index contributed by atoms with van der Waals surface area (Å²) in [5.74, 6) is 0. The molecular formula is C24H27ClN4O2. The van der Waals surface area contributed by atoms with Gasteiger partial charge in [-0.15, -0.1) is 0 Å². The van der Waals surface area contributed by atoms with Crippen LogP contribution >= 0.6 is 11.6 Å². The maximum Gasteiger partial charge on any atom is 0.322 e. The summed E-state index contributed by atoms with van der Waals surface area (Å²) in [4.78, 5) is 32.8. The fourth-order valence-electron chi connectivity index (χ4n) is 3.95. The van der Waals surface area contributed by atoms with Crippen molar-refractivity contribution in [2.75, 3.05) is 31.5 Å². The number of fused-ring (bicyclic) bond motifs is 1. The first-order chi connectivity index (χ1) is 15.0. The number of hydrogen-bond acceptors (Lipinski definition) is 3. The number of H-pyrrole nitrogens is 1. The SMILES string of the molecule is Cc1ccc2[nH]c(=O)c(CN(CCN3CCCC3)C(=O)Nc3ccc(Cl)cc3)cc2c1. The molecule has 3 aromatic rings. The average Bonchev–Trinajstić information content (AvgIpc) is 3.27. The Bertz CT molecular complexity index is 1120. The monoisotopic (exact) mass is 438 g/mol. The molecule has 0 unspecified atom stereocenters. The third-order valence-corrected chi connectivity index (χ3v) is 5.96. The van der Waals surface area contributed by atoms with Crippen molar-refractivity contribution in [3.05, 3.63) is 75.0 Å². The molecule has 7 heteroatoms. The Labute approximate surface area is 186 Å². The topological polar surface area (TPSA) is 68.4 Å². The van der Waals surface area contributed by atoms with Crippen molar-refractivity contribution in [2.24, 2.45) is 0 Å². The summed E-state index contributed by atoms with van der Waals surface area (Å²) in [6, 6.07) is 14.6. The lowest BCUT2D eigenvalue weighted by Crippen LogP contribution is -2.41. The van der Waals surface area contributed by atoms with Gasteiger partial charge in [-0.05, 0) is 80.7 Å². The fourth-order valence-corrected chi connectivity index (χ4v) is 4.08. The number of halogens is 1. The van der Waals surface area contributed by atoms with Crippen LogP contribution in [0.2, 0.25) is 5.02 Å². The number of amides is 2. The van der Waals surface area contributed by atoms with E-state index in [0.717, 1.165) is 36.1 Å². The van der Waals surface area contributed by atoms with E-state index in [1.165, 1.54) is 12.8 Å². The van der Waals surface area contributed by atoms with Crippen LogP contribution in [-0.4, -0.2) is 47.0 Å². The Morgan fingerprint density at radius 1 is 1.13 bits per heavy atom. The first-order valence-corrected chi connectivity index (χ1v) is 11.0. The molecule has 1 fully saturated rings. The van der Waals surface area contributed by atoms with Crippen molar-refractivity contribution in [3.8, 4) is 0 Å². The molecule has 0 aliphatic carbocycles. The number of nitrogens with zero attached hydrogens (tertiary/aromatic N) is 2. The standard InChI is InChI=1S/C24H27ClN4O2/c1-17-4-9-22-18(14-17)15-19(23(30)27-22)16-29(13-12-28-10-2-3-11-28)24(31)26-21-7-5-20(25)6-8-21/h4-9,14-15H,2-3,10-13,16H2,1H3,(H,26,31)(H,27,30). The van der Waals surface area contributed by atoms with Gasteiger partial charge in [-0.3, -0.25) is 4.79 Å². The second-order valence-corrected chi connectivity index (χ2v) is 8.56. The zero-order valence-corrected chi connectivity index (χ0v) is 18.4. The smallest absolute Gasteiger partial charge is 0.322 e. The molecule has 0 saturated carbocycles. The molecule has 4 rings (SSSR count). The minimum Gasteiger partial charge on any atom is -0.322 e. The average molecular weight is 439 g/mol. The van der Waals surface area contributed by atoms with Gasteiger partial charge >= 0.3 is 6.03 Å². The number of urea groups is 1. The number of benzene rings is 2. The molecule has 1 saturated heterocycles. The number of carbonyl (C=O) groups excluding carboxylic acids is 1. The summed E-state index contributed by atoms with van der Waals surface area (Å²) in [5, 5.41) is 4.51. The van der Waals surface area contributed by atoms with Crippen LogP contribution in [0.4, 0.5) is 10.5 Å². The van der Waals surface area contributed by atoms with Crippen molar-refractivity contribution >= 4 is 34.2 Å². The highest BCUT2D eigenvalue weighted by molar-refractivity contribution is 6.30. The van der Waals surface area contributed by atoms with E-state index in [9.17, 15) is 9.59 Å². The number of pyridine rings is 1. The van der Waals surface area contributed by atoms with Gasteiger partial charge < -0.3 is 20.1 Å². The van der Waals surface area contributed by atoms with Gasteiger partial charge in [0.15, 0.2) is 0 Å². The molecule has 162 valence electrons. The zero-order chi connectivity index (χ0) is 21.8. The first-order valence-electron chi connectivity index (χ1n) is 10.6. The van der Waals surface area contributed by atoms with Gasteiger partial charge in [0, 0.05) is 34.9 Å². The predicted octanol–water partition coefficient (Wildman–Crippen LogP) is 4.62. The summed E-state index contributed by atoms with van der Waals surface area (Å²) in [5.41, 5.74) is 3.00. The van der Waals surface area contributed by atoms with Gasteiger partial charge in [-0.1, -0.05) is 23.2 Å². The van der Waals surface area contributed by atoms with Crippen LogP contribution in [0.5, 0.6) is 0 Å². The second-order valence-electron chi connectivity index (χ2n) is 8.12. The molecule has 1 aliphatic heterocycles. The second kappa shape index (κ2) is 9.54. The maximum atomic E-state index is 13.1. The Morgan fingerprint density at radius 2 is 1.87 bits per heavy atom. The van der Waals surface area contributed by atoms with E-state index in [2.05, 4.69) is 15.2 Å². The third-order valence-electron chi connectivity index (χ3n) is 5.71. The number of nitrogens with one attached hydrogen (secondary N) is 2. The summed E-state index contributed by atoms with van der Waals surface area (Å²) < 4.78 is 0. The Hall–Kier alpha value is -2.83. The van der Waals surface area contributed by atoms with Gasteiger partial charge in [0.05, 0.1) is 6.54 Å². The van der Waals surface area contributed by atoms with E-state index in [0.29, 0.717) is 22.8 Å². The quantitative estimate of drug-likeness (QED) is 0.590. The largest absolute Gasteiger partial charge is 0.322 e. The Kier molecular flexibility index (Phi) is 6.59. The number of aromatic nitrogens is 1. The molecule has 31 heavy (non-hydrogen) atoms. The summed E-state index contributed by atoms with van der Waals surface area (Å²) >= 11 is 5.95. The number of hydrogen-bond donors (Lipinski definition) is 2. The van der Waals surface area contributed by atoms with Crippen LogP contribution in [0, 0.1) is 6.92 Å². The predicted molar refractivity (Wildman–Crippen MR) is 126 cm³/mol.